The highest BCUT2D eigenvalue weighted by atomic mass is 79.9. The first kappa shape index (κ1) is 10.8. The Kier molecular flexibility index (Phi) is 2.94. The maximum Gasteiger partial charge on any atom is 0.177 e. The number of benzene rings is 1. The molecule has 1 aromatic carbocycles. The molecule has 0 aliphatic carbocycles. The van der Waals surface area contributed by atoms with Gasteiger partial charge in [-0.25, -0.2) is 0 Å². The van der Waals surface area contributed by atoms with E-state index in [1.54, 1.807) is 0 Å². The largest absolute Gasteiger partial charge is 0.293 e. The first-order chi connectivity index (χ1) is 7.08. The van der Waals surface area contributed by atoms with Crippen LogP contribution in [0, 0.1) is 0 Å². The van der Waals surface area contributed by atoms with Crippen LogP contribution in [-0.2, 0) is 6.54 Å². The number of hydrogen-bond donors (Lipinski definition) is 0. The molecule has 0 aromatic heterocycles. The van der Waals surface area contributed by atoms with Crippen molar-refractivity contribution in [2.24, 2.45) is 0 Å². The van der Waals surface area contributed by atoms with Crippen LogP contribution in [0.2, 0.25) is 0 Å². The van der Waals surface area contributed by atoms with E-state index in [9.17, 15) is 4.79 Å². The number of halogens is 1. The standard InChI is InChI=1S/C12H14BrNO/c1-8(2)14-6-9-5-10(13)3-4-11(9)12(15)7-14/h3-5,8H,6-7H2,1-2H3. The van der Waals surface area contributed by atoms with Gasteiger partial charge in [0.2, 0.25) is 0 Å². The summed E-state index contributed by atoms with van der Waals surface area (Å²) in [4.78, 5) is 14.0. The Morgan fingerprint density at radius 2 is 2.07 bits per heavy atom. The molecule has 3 heteroatoms. The summed E-state index contributed by atoms with van der Waals surface area (Å²) in [7, 11) is 0. The van der Waals surface area contributed by atoms with Gasteiger partial charge in [-0.2, -0.15) is 0 Å². The van der Waals surface area contributed by atoms with E-state index < -0.39 is 0 Å². The minimum Gasteiger partial charge on any atom is -0.293 e. The highest BCUT2D eigenvalue weighted by Crippen LogP contribution is 2.23. The first-order valence-corrected chi connectivity index (χ1v) is 5.93. The van der Waals surface area contributed by atoms with Gasteiger partial charge in [-0.15, -0.1) is 0 Å². The molecule has 0 amide bonds. The van der Waals surface area contributed by atoms with E-state index in [1.165, 1.54) is 0 Å². The average Bonchev–Trinajstić information content (AvgIpc) is 2.16. The third kappa shape index (κ3) is 2.13. The van der Waals surface area contributed by atoms with Gasteiger partial charge in [0.25, 0.3) is 0 Å². The van der Waals surface area contributed by atoms with Crippen molar-refractivity contribution < 1.29 is 4.79 Å². The van der Waals surface area contributed by atoms with E-state index in [4.69, 9.17) is 0 Å². The zero-order valence-electron chi connectivity index (χ0n) is 8.96. The Hall–Kier alpha value is -0.670. The minimum atomic E-state index is 0.234. The van der Waals surface area contributed by atoms with Gasteiger partial charge >= 0.3 is 0 Å². The predicted molar refractivity (Wildman–Crippen MR) is 64.0 cm³/mol. The molecule has 0 unspecified atom stereocenters. The molecule has 0 N–H and O–H groups in total. The van der Waals surface area contributed by atoms with E-state index >= 15 is 0 Å². The summed E-state index contributed by atoms with van der Waals surface area (Å²) in [6, 6.07) is 6.31. The van der Waals surface area contributed by atoms with Gasteiger partial charge in [0.15, 0.2) is 5.78 Å². The zero-order chi connectivity index (χ0) is 11.0. The molecule has 15 heavy (non-hydrogen) atoms. The van der Waals surface area contributed by atoms with E-state index in [1.807, 2.05) is 18.2 Å². The first-order valence-electron chi connectivity index (χ1n) is 5.13. The summed E-state index contributed by atoms with van der Waals surface area (Å²) in [5.74, 6) is 0.234. The van der Waals surface area contributed by atoms with Crippen LogP contribution in [0.4, 0.5) is 0 Å². The molecule has 0 spiro atoms. The fourth-order valence-electron chi connectivity index (χ4n) is 1.87. The number of nitrogens with zero attached hydrogens (tertiary/aromatic N) is 1. The fraction of sp³-hybridized carbons (Fsp3) is 0.417. The monoisotopic (exact) mass is 267 g/mol. The van der Waals surface area contributed by atoms with Crippen LogP contribution in [0.3, 0.4) is 0 Å². The molecule has 0 bridgehead atoms. The second-order valence-corrected chi connectivity index (χ2v) is 5.14. The van der Waals surface area contributed by atoms with Crippen LogP contribution in [0.1, 0.15) is 29.8 Å². The Balaban J connectivity index is 2.37. The van der Waals surface area contributed by atoms with Gasteiger partial charge in [-0.05, 0) is 37.6 Å². The van der Waals surface area contributed by atoms with Crippen molar-refractivity contribution >= 4 is 21.7 Å². The van der Waals surface area contributed by atoms with Crippen LogP contribution >= 0.6 is 15.9 Å². The maximum atomic E-state index is 11.9. The Morgan fingerprint density at radius 3 is 2.73 bits per heavy atom. The molecular weight excluding hydrogens is 254 g/mol. The summed E-state index contributed by atoms with van der Waals surface area (Å²) < 4.78 is 1.04. The molecule has 1 aliphatic rings. The number of rotatable bonds is 1. The quantitative estimate of drug-likeness (QED) is 0.780. The number of fused-ring (bicyclic) bond motifs is 1. The van der Waals surface area contributed by atoms with Gasteiger partial charge in [0.05, 0.1) is 6.54 Å². The molecule has 0 saturated heterocycles. The van der Waals surface area contributed by atoms with E-state index in [0.717, 1.165) is 22.1 Å². The molecule has 1 aliphatic heterocycles. The maximum absolute atomic E-state index is 11.9. The van der Waals surface area contributed by atoms with E-state index in [0.29, 0.717) is 12.6 Å². The van der Waals surface area contributed by atoms with Crippen molar-refractivity contribution in [1.29, 1.82) is 0 Å². The Morgan fingerprint density at radius 1 is 1.33 bits per heavy atom. The van der Waals surface area contributed by atoms with E-state index in [2.05, 4.69) is 34.7 Å². The smallest absolute Gasteiger partial charge is 0.177 e. The second kappa shape index (κ2) is 4.06. The molecule has 2 rings (SSSR count). The number of carbonyl (C=O) groups is 1. The average molecular weight is 268 g/mol. The topological polar surface area (TPSA) is 20.3 Å². The zero-order valence-corrected chi connectivity index (χ0v) is 10.5. The van der Waals surface area contributed by atoms with Crippen molar-refractivity contribution in [3.05, 3.63) is 33.8 Å². The second-order valence-electron chi connectivity index (χ2n) is 4.22. The molecule has 0 saturated carbocycles. The molecule has 0 fully saturated rings. The van der Waals surface area contributed by atoms with Gasteiger partial charge in [0.1, 0.15) is 0 Å². The van der Waals surface area contributed by atoms with Gasteiger partial charge in [-0.1, -0.05) is 15.9 Å². The normalized spacial score (nSPS) is 16.9. The molecule has 1 heterocycles. The predicted octanol–water partition coefficient (Wildman–Crippen LogP) is 2.86. The lowest BCUT2D eigenvalue weighted by Gasteiger charge is -2.30. The van der Waals surface area contributed by atoms with Crippen molar-refractivity contribution in [3.8, 4) is 0 Å². The van der Waals surface area contributed by atoms with Crippen LogP contribution < -0.4 is 0 Å². The van der Waals surface area contributed by atoms with Gasteiger partial charge < -0.3 is 0 Å². The Labute approximate surface area is 98.4 Å². The van der Waals surface area contributed by atoms with Gasteiger partial charge in [0, 0.05) is 22.6 Å². The molecule has 0 radical (unpaired) electrons. The molecule has 1 aromatic rings. The highest BCUT2D eigenvalue weighted by Gasteiger charge is 2.24. The highest BCUT2D eigenvalue weighted by molar-refractivity contribution is 9.10. The SMILES string of the molecule is CC(C)N1CC(=O)c2ccc(Br)cc2C1. The third-order valence-corrected chi connectivity index (χ3v) is 3.31. The van der Waals surface area contributed by atoms with Crippen LogP contribution in [-0.4, -0.2) is 23.3 Å². The van der Waals surface area contributed by atoms with Crippen LogP contribution in [0.15, 0.2) is 22.7 Å². The lowest BCUT2D eigenvalue weighted by atomic mass is 9.98. The lowest BCUT2D eigenvalue weighted by molar-refractivity contribution is 0.0868. The minimum absolute atomic E-state index is 0.234. The molecule has 2 nitrogen and oxygen atoms in total. The fourth-order valence-corrected chi connectivity index (χ4v) is 2.28. The number of Topliss-reactive ketones (excluding diaryl/α,β-unsaturated/α-hetero) is 1. The van der Waals surface area contributed by atoms with Crippen molar-refractivity contribution in [1.82, 2.24) is 4.90 Å². The third-order valence-electron chi connectivity index (χ3n) is 2.82. The lowest BCUT2D eigenvalue weighted by Crippen LogP contribution is -2.39. The van der Waals surface area contributed by atoms with E-state index in [-0.39, 0.29) is 5.78 Å². The van der Waals surface area contributed by atoms with Crippen molar-refractivity contribution in [2.75, 3.05) is 6.54 Å². The number of ketones is 1. The van der Waals surface area contributed by atoms with Gasteiger partial charge in [-0.3, -0.25) is 9.69 Å². The summed E-state index contributed by atoms with van der Waals surface area (Å²) in [6.45, 7) is 5.66. The summed E-state index contributed by atoms with van der Waals surface area (Å²) in [5.41, 5.74) is 2.02. The molecular formula is C12H14BrNO. The molecule has 80 valence electrons. The summed E-state index contributed by atoms with van der Waals surface area (Å²) in [5, 5.41) is 0. The van der Waals surface area contributed by atoms with Crippen molar-refractivity contribution in [3.63, 3.8) is 0 Å². The number of hydrogen-bond acceptors (Lipinski definition) is 2. The van der Waals surface area contributed by atoms with Crippen molar-refractivity contribution in [2.45, 2.75) is 26.4 Å². The molecule has 0 atom stereocenters. The number of carbonyl (C=O) groups excluding carboxylic acids is 1. The van der Waals surface area contributed by atoms with Crippen LogP contribution in [0.5, 0.6) is 0 Å². The summed E-state index contributed by atoms with van der Waals surface area (Å²) >= 11 is 3.44. The van der Waals surface area contributed by atoms with Crippen LogP contribution in [0.25, 0.3) is 0 Å². The summed E-state index contributed by atoms with van der Waals surface area (Å²) in [6.07, 6.45) is 0. The Bertz CT molecular complexity index is 401.